The lowest BCUT2D eigenvalue weighted by atomic mass is 9.91. The number of hydrogen-bond acceptors (Lipinski definition) is 1. The van der Waals surface area contributed by atoms with Gasteiger partial charge in [-0.05, 0) is 24.6 Å². The van der Waals surface area contributed by atoms with Gasteiger partial charge >= 0.3 is 6.03 Å². The molecule has 1 aromatic rings. The first-order valence-electron chi connectivity index (χ1n) is 5.70. The standard InChI is InChI=1S/C13H13ClN2O/c1-2-8-5-6-16-12(8)10-7-9(14)3-4-11(10)15-13(16)17/h2-4,7-8,12H,1,5-6H2,(H,15,17)/t8-,12-/m0/s1. The zero-order valence-corrected chi connectivity index (χ0v) is 10.1. The molecule has 3 rings (SSSR count). The molecule has 17 heavy (non-hydrogen) atoms. The molecule has 2 amide bonds. The van der Waals surface area contributed by atoms with Gasteiger partial charge in [0.1, 0.15) is 0 Å². The smallest absolute Gasteiger partial charge is 0.317 e. The summed E-state index contributed by atoms with van der Waals surface area (Å²) in [6, 6.07) is 5.68. The van der Waals surface area contributed by atoms with E-state index < -0.39 is 0 Å². The number of carbonyl (C=O) groups excluding carboxylic acids is 1. The molecule has 1 aromatic carbocycles. The van der Waals surface area contributed by atoms with Crippen molar-refractivity contribution in [3.8, 4) is 0 Å². The van der Waals surface area contributed by atoms with Crippen LogP contribution in [0.5, 0.6) is 0 Å². The fourth-order valence-corrected chi connectivity index (χ4v) is 2.95. The molecule has 0 saturated carbocycles. The van der Waals surface area contributed by atoms with Crippen LogP contribution in [-0.4, -0.2) is 17.5 Å². The van der Waals surface area contributed by atoms with Crippen LogP contribution in [0.25, 0.3) is 0 Å². The number of benzene rings is 1. The highest BCUT2D eigenvalue weighted by atomic mass is 35.5. The lowest BCUT2D eigenvalue weighted by molar-refractivity contribution is 0.200. The molecule has 2 heterocycles. The molecular weight excluding hydrogens is 236 g/mol. The van der Waals surface area contributed by atoms with Crippen LogP contribution >= 0.6 is 11.6 Å². The second-order valence-corrected chi connectivity index (χ2v) is 4.92. The number of fused-ring (bicyclic) bond motifs is 3. The first kappa shape index (κ1) is 10.7. The molecule has 0 aliphatic carbocycles. The molecule has 1 fully saturated rings. The highest BCUT2D eigenvalue weighted by Crippen LogP contribution is 2.44. The maximum Gasteiger partial charge on any atom is 0.322 e. The fourth-order valence-electron chi connectivity index (χ4n) is 2.77. The van der Waals surface area contributed by atoms with Crippen molar-refractivity contribution in [2.24, 2.45) is 5.92 Å². The van der Waals surface area contributed by atoms with E-state index in [1.807, 2.05) is 23.1 Å². The Labute approximate surface area is 105 Å². The van der Waals surface area contributed by atoms with Gasteiger partial charge in [-0.25, -0.2) is 4.79 Å². The molecule has 1 saturated heterocycles. The quantitative estimate of drug-likeness (QED) is 0.759. The monoisotopic (exact) mass is 248 g/mol. The summed E-state index contributed by atoms with van der Waals surface area (Å²) in [5, 5.41) is 3.60. The highest BCUT2D eigenvalue weighted by molar-refractivity contribution is 6.30. The van der Waals surface area contributed by atoms with Gasteiger partial charge in [0, 0.05) is 28.7 Å². The van der Waals surface area contributed by atoms with Crippen LogP contribution < -0.4 is 5.32 Å². The molecule has 0 bridgehead atoms. The molecule has 1 N–H and O–H groups in total. The van der Waals surface area contributed by atoms with E-state index in [1.165, 1.54) is 0 Å². The molecule has 2 aliphatic rings. The number of urea groups is 1. The number of carbonyl (C=O) groups is 1. The zero-order valence-electron chi connectivity index (χ0n) is 9.32. The minimum atomic E-state index is -0.0193. The van der Waals surface area contributed by atoms with Gasteiger partial charge in [0.15, 0.2) is 0 Å². The van der Waals surface area contributed by atoms with Crippen LogP contribution in [0.2, 0.25) is 5.02 Å². The summed E-state index contributed by atoms with van der Waals surface area (Å²) >= 11 is 6.04. The van der Waals surface area contributed by atoms with E-state index in [4.69, 9.17) is 11.6 Å². The van der Waals surface area contributed by atoms with Crippen molar-refractivity contribution in [3.05, 3.63) is 41.4 Å². The van der Waals surface area contributed by atoms with Crippen LogP contribution in [0.15, 0.2) is 30.9 Å². The normalized spacial score (nSPS) is 26.2. The van der Waals surface area contributed by atoms with Gasteiger partial charge in [-0.1, -0.05) is 17.7 Å². The Morgan fingerprint density at radius 1 is 1.53 bits per heavy atom. The molecule has 0 aromatic heterocycles. The van der Waals surface area contributed by atoms with E-state index in [0.717, 1.165) is 24.2 Å². The Bertz CT molecular complexity index is 500. The zero-order chi connectivity index (χ0) is 12.0. The molecule has 0 radical (unpaired) electrons. The summed E-state index contributed by atoms with van der Waals surface area (Å²) in [6.45, 7) is 4.64. The van der Waals surface area contributed by atoms with Gasteiger partial charge in [-0.2, -0.15) is 0 Å². The minimum Gasteiger partial charge on any atom is -0.317 e. The van der Waals surface area contributed by atoms with E-state index in [-0.39, 0.29) is 12.1 Å². The van der Waals surface area contributed by atoms with E-state index in [1.54, 1.807) is 6.07 Å². The third kappa shape index (κ3) is 1.53. The Morgan fingerprint density at radius 3 is 3.12 bits per heavy atom. The molecule has 2 atom stereocenters. The second-order valence-electron chi connectivity index (χ2n) is 4.49. The van der Waals surface area contributed by atoms with Crippen molar-refractivity contribution in [1.82, 2.24) is 4.90 Å². The number of rotatable bonds is 1. The Balaban J connectivity index is 2.13. The molecular formula is C13H13ClN2O. The summed E-state index contributed by atoms with van der Waals surface area (Å²) in [4.78, 5) is 13.8. The molecule has 3 nitrogen and oxygen atoms in total. The van der Waals surface area contributed by atoms with Crippen LogP contribution in [-0.2, 0) is 0 Å². The number of hydrogen-bond donors (Lipinski definition) is 1. The van der Waals surface area contributed by atoms with Gasteiger partial charge < -0.3 is 10.2 Å². The van der Waals surface area contributed by atoms with Gasteiger partial charge in [0.25, 0.3) is 0 Å². The van der Waals surface area contributed by atoms with Crippen LogP contribution in [0, 0.1) is 5.92 Å². The maximum atomic E-state index is 11.9. The fraction of sp³-hybridized carbons (Fsp3) is 0.308. The van der Waals surface area contributed by atoms with Crippen molar-refractivity contribution in [2.75, 3.05) is 11.9 Å². The number of nitrogens with zero attached hydrogens (tertiary/aromatic N) is 1. The molecule has 4 heteroatoms. The molecule has 0 unspecified atom stereocenters. The SMILES string of the molecule is C=C[C@H]1CCN2C(=O)Nc3ccc(Cl)cc3[C@H]12. The van der Waals surface area contributed by atoms with E-state index >= 15 is 0 Å². The summed E-state index contributed by atoms with van der Waals surface area (Å²) in [7, 11) is 0. The average Bonchev–Trinajstić information content (AvgIpc) is 2.75. The molecule has 2 aliphatic heterocycles. The van der Waals surface area contributed by atoms with Crippen molar-refractivity contribution in [1.29, 1.82) is 0 Å². The van der Waals surface area contributed by atoms with Crippen LogP contribution in [0.4, 0.5) is 10.5 Å². The lowest BCUT2D eigenvalue weighted by Crippen LogP contribution is -2.39. The Kier molecular flexibility index (Phi) is 2.37. The minimum absolute atomic E-state index is 0.0193. The predicted molar refractivity (Wildman–Crippen MR) is 68.2 cm³/mol. The van der Waals surface area contributed by atoms with E-state index in [2.05, 4.69) is 11.9 Å². The summed E-state index contributed by atoms with van der Waals surface area (Å²) in [5.41, 5.74) is 1.97. The first-order chi connectivity index (χ1) is 8.20. The molecule has 0 spiro atoms. The summed E-state index contributed by atoms with van der Waals surface area (Å²) < 4.78 is 0. The maximum absolute atomic E-state index is 11.9. The average molecular weight is 249 g/mol. The lowest BCUT2D eigenvalue weighted by Gasteiger charge is -2.34. The highest BCUT2D eigenvalue weighted by Gasteiger charge is 2.40. The number of nitrogens with one attached hydrogen (secondary N) is 1. The third-order valence-electron chi connectivity index (χ3n) is 3.58. The van der Waals surface area contributed by atoms with Crippen LogP contribution in [0.1, 0.15) is 18.0 Å². The van der Waals surface area contributed by atoms with Gasteiger partial charge in [0.05, 0.1) is 6.04 Å². The number of amides is 2. The first-order valence-corrected chi connectivity index (χ1v) is 6.08. The summed E-state index contributed by atoms with van der Waals surface area (Å²) in [6.07, 6.45) is 2.90. The van der Waals surface area contributed by atoms with Gasteiger partial charge in [-0.15, -0.1) is 6.58 Å². The van der Waals surface area contributed by atoms with Crippen molar-refractivity contribution < 1.29 is 4.79 Å². The van der Waals surface area contributed by atoms with Gasteiger partial charge in [-0.3, -0.25) is 0 Å². The summed E-state index contributed by atoms with van der Waals surface area (Å²) in [5.74, 6) is 0.318. The topological polar surface area (TPSA) is 32.3 Å². The largest absolute Gasteiger partial charge is 0.322 e. The Morgan fingerprint density at radius 2 is 2.35 bits per heavy atom. The predicted octanol–water partition coefficient (Wildman–Crippen LogP) is 3.43. The van der Waals surface area contributed by atoms with Gasteiger partial charge in [0.2, 0.25) is 0 Å². The Hall–Kier alpha value is -1.48. The second kappa shape index (κ2) is 3.77. The third-order valence-corrected chi connectivity index (χ3v) is 3.82. The number of halogens is 1. The van der Waals surface area contributed by atoms with Crippen molar-refractivity contribution in [2.45, 2.75) is 12.5 Å². The molecule has 88 valence electrons. The van der Waals surface area contributed by atoms with E-state index in [9.17, 15) is 4.79 Å². The van der Waals surface area contributed by atoms with Crippen molar-refractivity contribution in [3.63, 3.8) is 0 Å². The van der Waals surface area contributed by atoms with Crippen molar-refractivity contribution >= 4 is 23.3 Å². The van der Waals surface area contributed by atoms with Crippen LogP contribution in [0.3, 0.4) is 0 Å². The van der Waals surface area contributed by atoms with E-state index in [0.29, 0.717) is 10.9 Å². The number of anilines is 1.